The largest absolute Gasteiger partial charge is 0.504 e. The molecule has 152 valence electrons. The number of benzene rings is 3. The maximum Gasteiger partial charge on any atom is 0.236 e. The van der Waals surface area contributed by atoms with Crippen molar-refractivity contribution < 1.29 is 19.8 Å². The van der Waals surface area contributed by atoms with Crippen molar-refractivity contribution in [2.24, 2.45) is 5.92 Å². The molecule has 1 aliphatic rings. The zero-order valence-electron chi connectivity index (χ0n) is 16.2. The Morgan fingerprint density at radius 1 is 0.933 bits per heavy atom. The molecule has 1 amide bonds. The van der Waals surface area contributed by atoms with Gasteiger partial charge in [-0.2, -0.15) is 0 Å². The Bertz CT molecular complexity index is 1090. The Morgan fingerprint density at radius 2 is 1.63 bits per heavy atom. The lowest BCUT2D eigenvalue weighted by molar-refractivity contribution is -0.118. The van der Waals surface area contributed by atoms with Crippen LogP contribution in [0.3, 0.4) is 0 Å². The number of fused-ring (bicyclic) bond motifs is 1. The first kappa shape index (κ1) is 20.0. The first-order valence-electron chi connectivity index (χ1n) is 9.68. The fourth-order valence-electron chi connectivity index (χ4n) is 3.42. The number of carbonyl (C=O) groups is 2. The van der Waals surface area contributed by atoms with E-state index in [2.05, 4.69) is 5.32 Å². The summed E-state index contributed by atoms with van der Waals surface area (Å²) in [6.45, 7) is 0. The molecule has 3 aromatic carbocycles. The summed E-state index contributed by atoms with van der Waals surface area (Å²) in [5.74, 6) is -0.906. The van der Waals surface area contributed by atoms with Gasteiger partial charge in [0.05, 0.1) is 0 Å². The Morgan fingerprint density at radius 3 is 2.40 bits per heavy atom. The van der Waals surface area contributed by atoms with Crippen molar-refractivity contribution in [3.63, 3.8) is 0 Å². The van der Waals surface area contributed by atoms with Crippen LogP contribution in [0.5, 0.6) is 11.5 Å². The highest BCUT2D eigenvalue weighted by atomic mass is 32.2. The summed E-state index contributed by atoms with van der Waals surface area (Å²) in [6, 6.07) is 19.7. The molecule has 0 spiro atoms. The quantitative estimate of drug-likeness (QED) is 0.421. The van der Waals surface area contributed by atoms with Crippen LogP contribution in [0, 0.1) is 5.92 Å². The van der Waals surface area contributed by atoms with E-state index in [1.54, 1.807) is 18.2 Å². The first-order chi connectivity index (χ1) is 14.5. The number of nitrogens with one attached hydrogen (secondary N) is 1. The molecule has 3 aromatic rings. The van der Waals surface area contributed by atoms with Gasteiger partial charge in [0.25, 0.3) is 0 Å². The van der Waals surface area contributed by atoms with Crippen LogP contribution in [-0.2, 0) is 17.6 Å². The van der Waals surface area contributed by atoms with Gasteiger partial charge >= 0.3 is 0 Å². The number of aryl methyl sites for hydroxylation is 2. The molecule has 0 bridgehead atoms. The third kappa shape index (κ3) is 4.33. The summed E-state index contributed by atoms with van der Waals surface area (Å²) in [6.07, 6.45) is 1.47. The van der Waals surface area contributed by atoms with Gasteiger partial charge < -0.3 is 15.5 Å². The van der Waals surface area contributed by atoms with Crippen molar-refractivity contribution in [1.29, 1.82) is 0 Å². The number of hydrogen-bond acceptors (Lipinski definition) is 5. The topological polar surface area (TPSA) is 86.6 Å². The number of carbonyl (C=O) groups excluding carboxylic acids is 2. The van der Waals surface area contributed by atoms with E-state index >= 15 is 0 Å². The second-order valence-corrected chi connectivity index (χ2v) is 8.30. The Balaban J connectivity index is 1.36. The number of phenolic OH excluding ortho intramolecular Hbond substituents is 2. The molecule has 0 fully saturated rings. The van der Waals surface area contributed by atoms with Crippen molar-refractivity contribution in [2.45, 2.75) is 17.7 Å². The van der Waals surface area contributed by atoms with E-state index in [9.17, 15) is 19.8 Å². The van der Waals surface area contributed by atoms with Crippen molar-refractivity contribution in [2.75, 3.05) is 11.1 Å². The molecule has 6 heteroatoms. The predicted octanol–water partition coefficient (Wildman–Crippen LogP) is 4.43. The summed E-state index contributed by atoms with van der Waals surface area (Å²) in [5.41, 5.74) is 3.28. The minimum absolute atomic E-state index is 0.122. The van der Waals surface area contributed by atoms with E-state index in [0.717, 1.165) is 22.4 Å². The molecule has 1 unspecified atom stereocenters. The number of Topliss-reactive ketones (excluding diaryl/α,β-unsaturated/α-hetero) is 1. The normalized spacial score (nSPS) is 15.5. The number of hydrogen-bond donors (Lipinski definition) is 3. The van der Waals surface area contributed by atoms with E-state index in [0.29, 0.717) is 23.4 Å². The fraction of sp³-hybridized carbons (Fsp3) is 0.167. The molecule has 4 rings (SSSR count). The van der Waals surface area contributed by atoms with Gasteiger partial charge in [-0.1, -0.05) is 36.4 Å². The molecule has 0 saturated heterocycles. The zero-order valence-corrected chi connectivity index (χ0v) is 17.0. The lowest BCUT2D eigenvalue weighted by atomic mass is 9.97. The highest BCUT2D eigenvalue weighted by Gasteiger charge is 2.33. The third-order valence-electron chi connectivity index (χ3n) is 5.15. The van der Waals surface area contributed by atoms with Gasteiger partial charge in [-0.05, 0) is 54.3 Å². The summed E-state index contributed by atoms with van der Waals surface area (Å²) in [4.78, 5) is 26.2. The monoisotopic (exact) mass is 419 g/mol. The third-order valence-corrected chi connectivity index (χ3v) is 6.32. The molecule has 1 heterocycles. The van der Waals surface area contributed by atoms with E-state index < -0.39 is 5.92 Å². The summed E-state index contributed by atoms with van der Waals surface area (Å²) in [7, 11) is 0. The molecule has 0 aromatic heterocycles. The predicted molar refractivity (Wildman–Crippen MR) is 117 cm³/mol. The Hall–Kier alpha value is -3.25. The lowest BCUT2D eigenvalue weighted by Gasteiger charge is -2.22. The molecule has 30 heavy (non-hydrogen) atoms. The van der Waals surface area contributed by atoms with Gasteiger partial charge in [0, 0.05) is 21.9 Å². The second kappa shape index (κ2) is 8.63. The van der Waals surface area contributed by atoms with E-state index in [1.165, 1.54) is 17.8 Å². The molecular formula is C24H21NO4S. The van der Waals surface area contributed by atoms with Crippen molar-refractivity contribution in [3.05, 3.63) is 83.4 Å². The second-order valence-electron chi connectivity index (χ2n) is 7.23. The van der Waals surface area contributed by atoms with Crippen LogP contribution < -0.4 is 5.32 Å². The molecular weight excluding hydrogens is 398 g/mol. The van der Waals surface area contributed by atoms with Crippen molar-refractivity contribution in [3.8, 4) is 11.5 Å². The van der Waals surface area contributed by atoms with Gasteiger partial charge in [0.2, 0.25) is 5.91 Å². The van der Waals surface area contributed by atoms with E-state index in [1.807, 2.05) is 42.5 Å². The zero-order chi connectivity index (χ0) is 21.1. The highest BCUT2D eigenvalue weighted by Crippen LogP contribution is 2.33. The van der Waals surface area contributed by atoms with Gasteiger partial charge in [-0.25, -0.2) is 0 Å². The number of amides is 1. The summed E-state index contributed by atoms with van der Waals surface area (Å²) < 4.78 is 0. The molecule has 1 aliphatic heterocycles. The summed E-state index contributed by atoms with van der Waals surface area (Å²) >= 11 is 1.53. The van der Waals surface area contributed by atoms with Gasteiger partial charge in [-0.15, -0.1) is 11.8 Å². The smallest absolute Gasteiger partial charge is 0.236 e. The molecule has 1 atom stereocenters. The van der Waals surface area contributed by atoms with Crippen LogP contribution in [0.4, 0.5) is 5.69 Å². The number of phenols is 2. The maximum atomic E-state index is 12.7. The standard InChI is InChI=1S/C24H21NO4S/c26-20-12-9-16(13-21(20)27)6-5-15-7-10-17(11-8-15)25-24(29)19-14-30-22-4-2-1-3-18(22)23(19)28/h1-4,7-13,19,26-27H,5-6,14H2,(H,25,29). The van der Waals surface area contributed by atoms with Gasteiger partial charge in [0.1, 0.15) is 5.92 Å². The number of rotatable bonds is 5. The summed E-state index contributed by atoms with van der Waals surface area (Å²) in [5, 5.41) is 21.8. The minimum Gasteiger partial charge on any atom is -0.504 e. The van der Waals surface area contributed by atoms with Crippen LogP contribution in [0.15, 0.2) is 71.6 Å². The van der Waals surface area contributed by atoms with Crippen molar-refractivity contribution in [1.82, 2.24) is 0 Å². The minimum atomic E-state index is -0.688. The van der Waals surface area contributed by atoms with Crippen LogP contribution >= 0.6 is 11.8 Å². The van der Waals surface area contributed by atoms with Crippen LogP contribution in [0.1, 0.15) is 21.5 Å². The number of aromatic hydroxyl groups is 2. The van der Waals surface area contributed by atoms with Gasteiger partial charge in [-0.3, -0.25) is 9.59 Å². The van der Waals surface area contributed by atoms with Crippen LogP contribution in [0.25, 0.3) is 0 Å². The molecule has 0 aliphatic carbocycles. The van der Waals surface area contributed by atoms with E-state index in [-0.39, 0.29) is 23.2 Å². The molecule has 3 N–H and O–H groups in total. The van der Waals surface area contributed by atoms with Crippen LogP contribution in [0.2, 0.25) is 0 Å². The number of ketones is 1. The SMILES string of the molecule is O=C(Nc1ccc(CCc2ccc(O)c(O)c2)cc1)C1CSc2ccccc2C1=O. The van der Waals surface area contributed by atoms with E-state index in [4.69, 9.17) is 0 Å². The van der Waals surface area contributed by atoms with Crippen molar-refractivity contribution >= 4 is 29.1 Å². The molecule has 5 nitrogen and oxygen atoms in total. The lowest BCUT2D eigenvalue weighted by Crippen LogP contribution is -2.34. The van der Waals surface area contributed by atoms with Crippen LogP contribution in [-0.4, -0.2) is 27.7 Å². The average Bonchev–Trinajstić information content (AvgIpc) is 2.76. The first-order valence-corrected chi connectivity index (χ1v) is 10.7. The molecule has 0 saturated carbocycles. The highest BCUT2D eigenvalue weighted by molar-refractivity contribution is 7.99. The molecule has 0 radical (unpaired) electrons. The van der Waals surface area contributed by atoms with Gasteiger partial charge in [0.15, 0.2) is 17.3 Å². The fourth-order valence-corrected chi connectivity index (χ4v) is 4.57. The Kier molecular flexibility index (Phi) is 5.77. The number of anilines is 1. The number of thioether (sulfide) groups is 1. The Labute approximate surface area is 178 Å². The average molecular weight is 420 g/mol. The maximum absolute atomic E-state index is 12.7.